The molecular weight excluding hydrogens is 566 g/mol. The average molecular weight is 622 g/mol. The quantitative estimate of drug-likeness (QED) is 0.247. The number of carbonyl (C=O) groups excluding carboxylic acids is 3. The predicted molar refractivity (Wildman–Crippen MR) is 166 cm³/mol. The minimum absolute atomic E-state index is 0.0681. The highest BCUT2D eigenvalue weighted by atomic mass is 16.7. The molecule has 0 radical (unpaired) electrons. The van der Waals surface area contributed by atoms with Crippen LogP contribution in [-0.2, 0) is 33.3 Å². The Morgan fingerprint density at radius 1 is 1.14 bits per heavy atom. The fourth-order valence-corrected chi connectivity index (χ4v) is 6.78. The molecule has 13 atom stereocenters. The second-order valence-corrected chi connectivity index (χ2v) is 13.7. The highest BCUT2D eigenvalue weighted by Crippen LogP contribution is 2.45. The fraction of sp³-hybridized carbons (Fsp3) is 0.794. The Bertz CT molecular complexity index is 1060. The number of allylic oxidation sites excluding steroid dienone is 3. The van der Waals surface area contributed by atoms with Crippen molar-refractivity contribution in [3.63, 3.8) is 0 Å². The standard InChI is InChI=1S/C34H55NO9/c1-10-28-23(6)32-34(7,44-32)15-14-26(37)19(2)16-24(13-11-12-20(3)36)31(22(5)27(38)18-29(39)42-28)43-33-30(40)25(35(8)9)17-21(4)41-33/h11-12,14-15,19,21-25,27-28,30-33,38,40H,10,13,16-18H2,1-9H3. The summed E-state index contributed by atoms with van der Waals surface area (Å²) >= 11 is 0. The summed E-state index contributed by atoms with van der Waals surface area (Å²) in [5, 5.41) is 22.7. The van der Waals surface area contributed by atoms with Gasteiger partial charge >= 0.3 is 5.97 Å². The molecule has 2 N–H and O–H groups in total. The molecule has 0 aromatic heterocycles. The van der Waals surface area contributed by atoms with Crippen LogP contribution in [0, 0.1) is 23.7 Å². The van der Waals surface area contributed by atoms with Gasteiger partial charge in [-0.1, -0.05) is 33.8 Å². The molecule has 0 aromatic carbocycles. The molecule has 0 saturated carbocycles. The monoisotopic (exact) mass is 621 g/mol. The summed E-state index contributed by atoms with van der Waals surface area (Å²) in [4.78, 5) is 40.2. The number of carbonyl (C=O) groups is 3. The van der Waals surface area contributed by atoms with Gasteiger partial charge in [0, 0.05) is 23.8 Å². The number of cyclic esters (lactones) is 1. The van der Waals surface area contributed by atoms with Crippen LogP contribution in [-0.4, -0.2) is 101 Å². The van der Waals surface area contributed by atoms with Crippen LogP contribution in [0.25, 0.3) is 0 Å². The summed E-state index contributed by atoms with van der Waals surface area (Å²) in [6.45, 7) is 12.9. The van der Waals surface area contributed by atoms with Gasteiger partial charge in [0.15, 0.2) is 17.9 Å². The molecule has 44 heavy (non-hydrogen) atoms. The predicted octanol–water partition coefficient (Wildman–Crippen LogP) is 3.62. The Hall–Kier alpha value is -1.95. The van der Waals surface area contributed by atoms with Gasteiger partial charge in [-0.25, -0.2) is 0 Å². The zero-order chi connectivity index (χ0) is 32.9. The fourth-order valence-electron chi connectivity index (χ4n) is 6.78. The van der Waals surface area contributed by atoms with Gasteiger partial charge in [0.1, 0.15) is 17.8 Å². The van der Waals surface area contributed by atoms with Crippen molar-refractivity contribution in [3.05, 3.63) is 24.3 Å². The number of aliphatic hydroxyl groups is 2. The number of fused-ring (bicyclic) bond motifs is 1. The van der Waals surface area contributed by atoms with Gasteiger partial charge in [-0.2, -0.15) is 0 Å². The average Bonchev–Trinajstić information content (AvgIpc) is 3.63. The minimum atomic E-state index is -1.14. The van der Waals surface area contributed by atoms with E-state index in [1.807, 2.05) is 53.6 Å². The second kappa shape index (κ2) is 15.6. The molecule has 2 saturated heterocycles. The molecule has 2 fully saturated rings. The Balaban J connectivity index is 2.01. The zero-order valence-corrected chi connectivity index (χ0v) is 28.0. The third-order valence-electron chi connectivity index (χ3n) is 9.68. The Kier molecular flexibility index (Phi) is 12.9. The van der Waals surface area contributed by atoms with Crippen molar-refractivity contribution in [2.75, 3.05) is 14.1 Å². The third kappa shape index (κ3) is 9.30. The third-order valence-corrected chi connectivity index (χ3v) is 9.68. The highest BCUT2D eigenvalue weighted by molar-refractivity contribution is 5.91. The highest BCUT2D eigenvalue weighted by Gasteiger charge is 2.55. The number of likely N-dealkylation sites (N-methyl/N-ethyl adjacent to an activating group) is 1. The van der Waals surface area contributed by atoms with Crippen LogP contribution in [0.3, 0.4) is 0 Å². The molecule has 0 bridgehead atoms. The molecule has 13 unspecified atom stereocenters. The Labute approximate surface area is 263 Å². The first kappa shape index (κ1) is 36.5. The number of hydrogen-bond acceptors (Lipinski definition) is 10. The maximum absolute atomic E-state index is 13.4. The van der Waals surface area contributed by atoms with E-state index < -0.39 is 54.1 Å². The van der Waals surface area contributed by atoms with Crippen LogP contribution < -0.4 is 0 Å². The van der Waals surface area contributed by atoms with Crippen LogP contribution in [0.4, 0.5) is 0 Å². The van der Waals surface area contributed by atoms with Crippen molar-refractivity contribution in [1.29, 1.82) is 0 Å². The number of esters is 1. The van der Waals surface area contributed by atoms with E-state index in [4.69, 9.17) is 18.9 Å². The van der Waals surface area contributed by atoms with Gasteiger partial charge in [0.2, 0.25) is 0 Å². The number of nitrogens with zero attached hydrogens (tertiary/aromatic N) is 1. The van der Waals surface area contributed by atoms with E-state index in [0.29, 0.717) is 25.7 Å². The van der Waals surface area contributed by atoms with E-state index in [1.54, 1.807) is 25.2 Å². The topological polar surface area (TPSA) is 135 Å². The SMILES string of the molecule is CCC1OC(=O)CC(O)C(C)C(OC2OC(C)CC(N(C)C)C2O)C(CC=CC(C)=O)CC(C)C(=O)C=CC2(C)OC2C1C. The molecular formula is C34H55NO9. The van der Waals surface area contributed by atoms with Gasteiger partial charge in [-0.05, 0) is 84.7 Å². The van der Waals surface area contributed by atoms with Crippen molar-refractivity contribution in [3.8, 4) is 0 Å². The molecule has 0 aromatic rings. The van der Waals surface area contributed by atoms with Gasteiger partial charge in [0.05, 0.1) is 30.8 Å². The Morgan fingerprint density at radius 3 is 2.43 bits per heavy atom. The number of ketones is 2. The van der Waals surface area contributed by atoms with Crippen molar-refractivity contribution in [2.24, 2.45) is 23.7 Å². The molecule has 10 heteroatoms. The smallest absolute Gasteiger partial charge is 0.308 e. The van der Waals surface area contributed by atoms with Crippen LogP contribution in [0.15, 0.2) is 24.3 Å². The number of rotatable bonds is 7. The van der Waals surface area contributed by atoms with Crippen LogP contribution in [0.5, 0.6) is 0 Å². The molecule has 10 nitrogen and oxygen atoms in total. The maximum Gasteiger partial charge on any atom is 0.308 e. The van der Waals surface area contributed by atoms with Gasteiger partial charge in [-0.15, -0.1) is 0 Å². The summed E-state index contributed by atoms with van der Waals surface area (Å²) < 4.78 is 24.5. The molecule has 0 amide bonds. The lowest BCUT2D eigenvalue weighted by Crippen LogP contribution is -2.56. The summed E-state index contributed by atoms with van der Waals surface area (Å²) in [6, 6.07) is -0.213. The van der Waals surface area contributed by atoms with E-state index in [-0.39, 0.29) is 48.1 Å². The molecule has 3 rings (SSSR count). The number of ether oxygens (including phenoxy) is 4. The zero-order valence-electron chi connectivity index (χ0n) is 28.0. The number of aliphatic hydroxyl groups excluding tert-OH is 2. The summed E-state index contributed by atoms with van der Waals surface area (Å²) in [5.74, 6) is -2.19. The first-order valence-corrected chi connectivity index (χ1v) is 16.2. The number of hydrogen-bond donors (Lipinski definition) is 2. The van der Waals surface area contributed by atoms with Crippen molar-refractivity contribution in [2.45, 2.75) is 135 Å². The molecule has 3 aliphatic rings. The van der Waals surface area contributed by atoms with Crippen molar-refractivity contribution in [1.82, 2.24) is 4.90 Å². The van der Waals surface area contributed by atoms with Gasteiger partial charge < -0.3 is 34.1 Å². The van der Waals surface area contributed by atoms with Crippen molar-refractivity contribution >= 4 is 17.5 Å². The maximum atomic E-state index is 13.4. The molecule has 250 valence electrons. The lowest BCUT2D eigenvalue weighted by atomic mass is 9.79. The summed E-state index contributed by atoms with van der Waals surface area (Å²) in [6.07, 6.45) is 3.66. The van der Waals surface area contributed by atoms with Gasteiger partial charge in [0.25, 0.3) is 0 Å². The van der Waals surface area contributed by atoms with E-state index in [1.165, 1.54) is 13.0 Å². The summed E-state index contributed by atoms with van der Waals surface area (Å²) in [5.41, 5.74) is -0.636. The normalized spacial score (nSPS) is 42.7. The lowest BCUT2D eigenvalue weighted by Gasteiger charge is -2.44. The van der Waals surface area contributed by atoms with Gasteiger partial charge in [-0.3, -0.25) is 14.4 Å². The first-order valence-electron chi connectivity index (χ1n) is 16.2. The second-order valence-electron chi connectivity index (χ2n) is 13.7. The Morgan fingerprint density at radius 2 is 1.82 bits per heavy atom. The van der Waals surface area contributed by atoms with Crippen LogP contribution in [0.2, 0.25) is 0 Å². The van der Waals surface area contributed by atoms with E-state index in [0.717, 1.165) is 0 Å². The van der Waals surface area contributed by atoms with E-state index in [2.05, 4.69) is 0 Å². The lowest BCUT2D eigenvalue weighted by molar-refractivity contribution is -0.283. The largest absolute Gasteiger partial charge is 0.462 e. The molecule has 3 aliphatic heterocycles. The first-order chi connectivity index (χ1) is 20.6. The van der Waals surface area contributed by atoms with Crippen molar-refractivity contribution < 1.29 is 43.5 Å². The summed E-state index contributed by atoms with van der Waals surface area (Å²) in [7, 11) is 3.78. The molecule has 3 heterocycles. The molecule has 0 aliphatic carbocycles. The van der Waals surface area contributed by atoms with Crippen LogP contribution in [0.1, 0.15) is 80.6 Å². The van der Waals surface area contributed by atoms with E-state index in [9.17, 15) is 24.6 Å². The van der Waals surface area contributed by atoms with E-state index >= 15 is 0 Å². The molecule has 0 spiro atoms. The minimum Gasteiger partial charge on any atom is -0.462 e. The van der Waals surface area contributed by atoms with Crippen LogP contribution >= 0.6 is 0 Å². The number of epoxide rings is 1.